The summed E-state index contributed by atoms with van der Waals surface area (Å²) in [7, 11) is -4.62. The van der Waals surface area contributed by atoms with Gasteiger partial charge >= 0.3 is 19.8 Å². The van der Waals surface area contributed by atoms with Crippen LogP contribution in [0.25, 0.3) is 0 Å². The minimum absolute atomic E-state index is 0.184. The van der Waals surface area contributed by atoms with E-state index in [0.29, 0.717) is 12.8 Å². The fraction of sp³-hybridized carbons (Fsp3) is 0.837. The number of unbranched alkanes of at least 4 members (excludes halogenated alkanes) is 26. The normalized spacial score (nSPS) is 14.0. The first kappa shape index (κ1) is 58.2. The van der Waals surface area contributed by atoms with Crippen LogP contribution in [-0.2, 0) is 32.7 Å². The van der Waals surface area contributed by atoms with E-state index in [2.05, 4.69) is 50.3 Å². The molecule has 60 heavy (non-hydrogen) atoms. The molecule has 0 rings (SSSR count). The molecule has 0 spiro atoms. The molecule has 0 bridgehead atoms. The molecular formula is C49H91O10P. The number of allylic oxidation sites excluding steroid dienone is 6. The number of aliphatic hydroxyl groups excluding tert-OH is 2. The van der Waals surface area contributed by atoms with Crippen molar-refractivity contribution in [3.05, 3.63) is 36.5 Å². The van der Waals surface area contributed by atoms with E-state index in [0.717, 1.165) is 70.6 Å². The topological polar surface area (TPSA) is 149 Å². The largest absolute Gasteiger partial charge is 0.472 e. The van der Waals surface area contributed by atoms with Gasteiger partial charge in [0.05, 0.1) is 19.8 Å². The quantitative estimate of drug-likeness (QED) is 0.0234. The van der Waals surface area contributed by atoms with E-state index >= 15 is 0 Å². The van der Waals surface area contributed by atoms with Crippen molar-refractivity contribution in [1.82, 2.24) is 0 Å². The third-order valence-corrected chi connectivity index (χ3v) is 11.5. The zero-order chi connectivity index (χ0) is 44.0. The average molecular weight is 871 g/mol. The Morgan fingerprint density at radius 2 is 0.917 bits per heavy atom. The van der Waals surface area contributed by atoms with Crippen molar-refractivity contribution in [2.24, 2.45) is 0 Å². The number of hydrogen-bond acceptors (Lipinski definition) is 9. The Morgan fingerprint density at radius 3 is 1.38 bits per heavy atom. The van der Waals surface area contributed by atoms with E-state index in [1.165, 1.54) is 116 Å². The third-order valence-electron chi connectivity index (χ3n) is 10.6. The second kappa shape index (κ2) is 45.2. The van der Waals surface area contributed by atoms with Crippen molar-refractivity contribution >= 4 is 19.8 Å². The highest BCUT2D eigenvalue weighted by Crippen LogP contribution is 2.43. The molecule has 0 radical (unpaired) electrons. The van der Waals surface area contributed by atoms with Gasteiger partial charge in [-0.05, 0) is 44.9 Å². The Balaban J connectivity index is 4.17. The van der Waals surface area contributed by atoms with Crippen LogP contribution in [0, 0.1) is 0 Å². The van der Waals surface area contributed by atoms with Gasteiger partial charge < -0.3 is 24.6 Å². The summed E-state index contributed by atoms with van der Waals surface area (Å²) in [6.07, 6.45) is 48.3. The molecule has 0 aromatic carbocycles. The monoisotopic (exact) mass is 871 g/mol. The molecule has 3 N–H and O–H groups in total. The lowest BCUT2D eigenvalue weighted by Crippen LogP contribution is -2.29. The van der Waals surface area contributed by atoms with Gasteiger partial charge in [-0.2, -0.15) is 0 Å². The van der Waals surface area contributed by atoms with Crippen LogP contribution in [0.3, 0.4) is 0 Å². The molecular weight excluding hydrogens is 780 g/mol. The Labute approximate surface area is 367 Å². The van der Waals surface area contributed by atoms with Crippen LogP contribution in [-0.4, -0.2) is 65.7 Å². The van der Waals surface area contributed by atoms with Crippen molar-refractivity contribution in [2.75, 3.05) is 26.4 Å². The molecule has 0 fully saturated rings. The predicted molar refractivity (Wildman–Crippen MR) is 247 cm³/mol. The summed E-state index contributed by atoms with van der Waals surface area (Å²) in [5, 5.41) is 18.4. The fourth-order valence-corrected chi connectivity index (χ4v) is 7.62. The maximum Gasteiger partial charge on any atom is 0.472 e. The second-order valence-electron chi connectivity index (χ2n) is 16.5. The van der Waals surface area contributed by atoms with Crippen molar-refractivity contribution in [1.29, 1.82) is 0 Å². The van der Waals surface area contributed by atoms with E-state index in [-0.39, 0.29) is 19.4 Å². The maximum atomic E-state index is 12.7. The first-order valence-electron chi connectivity index (χ1n) is 24.4. The van der Waals surface area contributed by atoms with Crippen LogP contribution >= 0.6 is 7.82 Å². The number of phosphoric ester groups is 1. The number of rotatable bonds is 46. The minimum atomic E-state index is -4.62. The van der Waals surface area contributed by atoms with Gasteiger partial charge in [0.15, 0.2) is 6.10 Å². The highest BCUT2D eigenvalue weighted by molar-refractivity contribution is 7.47. The van der Waals surface area contributed by atoms with Crippen LogP contribution in [0.15, 0.2) is 36.5 Å². The summed E-state index contributed by atoms with van der Waals surface area (Å²) in [5.74, 6) is -0.935. The summed E-state index contributed by atoms with van der Waals surface area (Å²) in [5.41, 5.74) is 0. The third kappa shape index (κ3) is 44.3. The first-order chi connectivity index (χ1) is 29.2. The molecule has 0 saturated heterocycles. The van der Waals surface area contributed by atoms with Gasteiger partial charge in [-0.15, -0.1) is 0 Å². The average Bonchev–Trinajstić information content (AvgIpc) is 3.24. The van der Waals surface area contributed by atoms with Crippen LogP contribution in [0.2, 0.25) is 0 Å². The molecule has 0 aromatic rings. The Bertz CT molecular complexity index is 1090. The van der Waals surface area contributed by atoms with E-state index in [4.69, 9.17) is 23.6 Å². The lowest BCUT2D eigenvalue weighted by molar-refractivity contribution is -0.161. The summed E-state index contributed by atoms with van der Waals surface area (Å²) in [4.78, 5) is 35.1. The van der Waals surface area contributed by atoms with Gasteiger partial charge in [0.1, 0.15) is 12.7 Å². The molecule has 0 heterocycles. The van der Waals surface area contributed by atoms with Gasteiger partial charge in [-0.3, -0.25) is 18.6 Å². The Morgan fingerprint density at radius 1 is 0.517 bits per heavy atom. The second-order valence-corrected chi connectivity index (χ2v) is 17.9. The van der Waals surface area contributed by atoms with Crippen LogP contribution in [0.1, 0.15) is 226 Å². The molecule has 1 unspecified atom stereocenters. The number of aliphatic hydroxyl groups is 2. The van der Waals surface area contributed by atoms with Gasteiger partial charge in [-0.25, -0.2) is 4.57 Å². The van der Waals surface area contributed by atoms with Crippen LogP contribution in [0.5, 0.6) is 0 Å². The molecule has 0 saturated carbocycles. The number of ether oxygens (including phenoxy) is 2. The molecule has 10 nitrogen and oxygen atoms in total. The zero-order valence-electron chi connectivity index (χ0n) is 38.4. The smallest absolute Gasteiger partial charge is 0.462 e. The molecule has 0 aliphatic rings. The Kier molecular flexibility index (Phi) is 43.9. The van der Waals surface area contributed by atoms with E-state index in [1.54, 1.807) is 0 Å². The predicted octanol–water partition coefficient (Wildman–Crippen LogP) is 13.5. The maximum absolute atomic E-state index is 12.7. The lowest BCUT2D eigenvalue weighted by atomic mass is 10.0. The van der Waals surface area contributed by atoms with Crippen molar-refractivity contribution in [3.8, 4) is 0 Å². The number of esters is 2. The summed E-state index contributed by atoms with van der Waals surface area (Å²) < 4.78 is 32.8. The zero-order valence-corrected chi connectivity index (χ0v) is 39.3. The number of carbonyl (C=O) groups is 2. The highest BCUT2D eigenvalue weighted by atomic mass is 31.2. The standard InChI is InChI=1S/C49H91O10P/c1-3-5-7-9-11-13-15-17-19-20-21-22-23-24-25-27-29-31-33-35-37-39-41-49(53)59-47(45-58-60(54,55)57-43-46(51)42-50)44-56-48(52)40-38-36-34-32-30-28-26-18-16-14-12-10-8-6-4-2/h6,8,12,14,18,26,46-47,50-51H,3-5,7,9-11,13,15-17,19-25,27-45H2,1-2H3,(H,54,55)/b8-6+,14-12+,26-18+/t46-,47+/m0/s1. The minimum Gasteiger partial charge on any atom is -0.462 e. The lowest BCUT2D eigenvalue weighted by Gasteiger charge is -2.20. The van der Waals surface area contributed by atoms with Gasteiger partial charge in [-0.1, -0.05) is 204 Å². The van der Waals surface area contributed by atoms with Crippen LogP contribution in [0.4, 0.5) is 0 Å². The molecule has 0 aliphatic heterocycles. The SMILES string of the molecule is CC/C=C/C/C=C/C/C=C/CCCCCCCC(=O)OC[C@H](COP(=O)(O)OC[C@@H](O)CO)OC(=O)CCCCCCCCCCCCCCCCCCCCCCCC. The fourth-order valence-electron chi connectivity index (χ4n) is 6.83. The summed E-state index contributed by atoms with van der Waals surface area (Å²) in [6.45, 7) is 2.28. The summed E-state index contributed by atoms with van der Waals surface area (Å²) in [6, 6.07) is 0. The van der Waals surface area contributed by atoms with E-state index < -0.39 is 51.8 Å². The first-order valence-corrected chi connectivity index (χ1v) is 25.9. The molecule has 352 valence electrons. The van der Waals surface area contributed by atoms with Gasteiger partial charge in [0.2, 0.25) is 0 Å². The summed E-state index contributed by atoms with van der Waals surface area (Å²) >= 11 is 0. The van der Waals surface area contributed by atoms with E-state index in [1.807, 2.05) is 0 Å². The molecule has 3 atom stereocenters. The molecule has 11 heteroatoms. The molecule has 0 amide bonds. The van der Waals surface area contributed by atoms with Gasteiger partial charge in [0.25, 0.3) is 0 Å². The molecule has 0 aliphatic carbocycles. The molecule has 0 aromatic heterocycles. The van der Waals surface area contributed by atoms with Crippen molar-refractivity contribution in [3.63, 3.8) is 0 Å². The van der Waals surface area contributed by atoms with Crippen LogP contribution < -0.4 is 0 Å². The highest BCUT2D eigenvalue weighted by Gasteiger charge is 2.27. The number of carbonyl (C=O) groups excluding carboxylic acids is 2. The number of phosphoric acid groups is 1. The van der Waals surface area contributed by atoms with Crippen molar-refractivity contribution in [2.45, 2.75) is 238 Å². The van der Waals surface area contributed by atoms with E-state index in [9.17, 15) is 24.2 Å². The Hall–Kier alpha value is -1.81. The number of hydrogen-bond donors (Lipinski definition) is 3. The van der Waals surface area contributed by atoms with Crippen molar-refractivity contribution < 1.29 is 47.8 Å². The van der Waals surface area contributed by atoms with Gasteiger partial charge in [0, 0.05) is 12.8 Å².